The molecule has 0 aliphatic heterocycles. The summed E-state index contributed by atoms with van der Waals surface area (Å²) in [5.41, 5.74) is 4.40. The van der Waals surface area contributed by atoms with Crippen LogP contribution in [0, 0.1) is 5.92 Å². The maximum Gasteiger partial charge on any atom is 0.262 e. The van der Waals surface area contributed by atoms with Gasteiger partial charge < -0.3 is 10.1 Å². The van der Waals surface area contributed by atoms with Crippen molar-refractivity contribution in [3.05, 3.63) is 98.7 Å². The van der Waals surface area contributed by atoms with Gasteiger partial charge in [0.15, 0.2) is 0 Å². The molecule has 0 aliphatic carbocycles. The molecule has 4 aromatic rings. The first-order valence-electron chi connectivity index (χ1n) is 11.9. The number of hydrazone groups is 1. The van der Waals surface area contributed by atoms with E-state index >= 15 is 0 Å². The number of carbonyl (C=O) groups excluding carboxylic acids is 2. The lowest BCUT2D eigenvalue weighted by atomic mass is 10.0. The summed E-state index contributed by atoms with van der Waals surface area (Å²) >= 11 is 4.96. The Bertz CT molecular complexity index is 1390. The third-order valence-electron chi connectivity index (χ3n) is 5.79. The Balaban J connectivity index is 1.48. The highest BCUT2D eigenvalue weighted by Gasteiger charge is 2.24. The van der Waals surface area contributed by atoms with E-state index in [0.717, 1.165) is 31.2 Å². The third kappa shape index (κ3) is 7.27. The normalized spacial score (nSPS) is 12.1. The van der Waals surface area contributed by atoms with Gasteiger partial charge in [0.2, 0.25) is 5.91 Å². The number of halogens is 1. The molecule has 0 spiro atoms. The average molecular weight is 579 g/mol. The van der Waals surface area contributed by atoms with Crippen molar-refractivity contribution in [2.24, 2.45) is 11.0 Å². The Kier molecular flexibility index (Phi) is 9.09. The number of hydrogen-bond donors (Lipinski definition) is 2. The molecule has 0 aliphatic rings. The highest BCUT2D eigenvalue weighted by Crippen LogP contribution is 2.27. The Hall–Kier alpha value is -3.49. The van der Waals surface area contributed by atoms with Crippen LogP contribution in [-0.4, -0.2) is 24.1 Å². The van der Waals surface area contributed by atoms with Crippen molar-refractivity contribution in [3.8, 4) is 5.75 Å². The summed E-state index contributed by atoms with van der Waals surface area (Å²) < 4.78 is 7.15. The lowest BCUT2D eigenvalue weighted by Crippen LogP contribution is -2.49. The van der Waals surface area contributed by atoms with Gasteiger partial charge in [-0.25, -0.2) is 5.43 Å². The molecule has 0 bridgehead atoms. The van der Waals surface area contributed by atoms with Crippen molar-refractivity contribution in [3.63, 3.8) is 0 Å². The number of benzene rings is 3. The highest BCUT2D eigenvalue weighted by atomic mass is 79.9. The van der Waals surface area contributed by atoms with E-state index in [9.17, 15) is 9.59 Å². The highest BCUT2D eigenvalue weighted by molar-refractivity contribution is 9.10. The minimum atomic E-state index is -0.703. The maximum absolute atomic E-state index is 12.9. The van der Waals surface area contributed by atoms with Gasteiger partial charge in [0.25, 0.3) is 5.91 Å². The number of thiophene rings is 1. The standard InChI is InChI=1S/C29H28BrN3O3S/c1-19(2)28(32-27(34)16-23-7-5-15-37-23)29(35)33-31-17-25-24-8-4-3-6-21(24)11-14-26(25)36-18-20-9-12-22(30)13-10-20/h3-15,17,19,28H,16,18H2,1-2H3,(H,32,34)(H,33,35)/b31-17-/t28-/m1/s1. The van der Waals surface area contributed by atoms with Crippen molar-refractivity contribution in [2.75, 3.05) is 0 Å². The van der Waals surface area contributed by atoms with Crippen molar-refractivity contribution in [1.29, 1.82) is 0 Å². The number of rotatable bonds is 10. The first kappa shape index (κ1) is 26.6. The molecule has 190 valence electrons. The number of carbonyl (C=O) groups is 2. The molecule has 3 aromatic carbocycles. The van der Waals surface area contributed by atoms with Crippen molar-refractivity contribution in [2.45, 2.75) is 32.9 Å². The van der Waals surface area contributed by atoms with E-state index in [0.29, 0.717) is 12.4 Å². The Morgan fingerprint density at radius 2 is 1.81 bits per heavy atom. The zero-order valence-electron chi connectivity index (χ0n) is 20.6. The van der Waals surface area contributed by atoms with Crippen LogP contribution in [0.3, 0.4) is 0 Å². The Labute approximate surface area is 228 Å². The van der Waals surface area contributed by atoms with Gasteiger partial charge in [0, 0.05) is 14.9 Å². The number of nitrogens with zero attached hydrogens (tertiary/aromatic N) is 1. The molecule has 0 radical (unpaired) electrons. The summed E-state index contributed by atoms with van der Waals surface area (Å²) in [6, 6.07) is 22.9. The lowest BCUT2D eigenvalue weighted by Gasteiger charge is -2.20. The molecule has 0 unspecified atom stereocenters. The maximum atomic E-state index is 12.9. The van der Waals surface area contributed by atoms with Gasteiger partial charge in [-0.15, -0.1) is 11.3 Å². The summed E-state index contributed by atoms with van der Waals surface area (Å²) in [6.45, 7) is 4.17. The quantitative estimate of drug-likeness (QED) is 0.177. The van der Waals surface area contributed by atoms with Crippen LogP contribution in [0.5, 0.6) is 5.75 Å². The first-order valence-corrected chi connectivity index (χ1v) is 13.6. The predicted octanol–water partition coefficient (Wildman–Crippen LogP) is 6.08. The van der Waals surface area contributed by atoms with Crippen LogP contribution in [0.15, 0.2) is 87.8 Å². The molecule has 4 rings (SSSR count). The molecule has 0 saturated heterocycles. The molecular weight excluding hydrogens is 550 g/mol. The summed E-state index contributed by atoms with van der Waals surface area (Å²) in [4.78, 5) is 26.4. The van der Waals surface area contributed by atoms with E-state index in [1.807, 2.05) is 92.0 Å². The third-order valence-corrected chi connectivity index (χ3v) is 7.19. The lowest BCUT2D eigenvalue weighted by molar-refractivity contribution is -0.129. The summed E-state index contributed by atoms with van der Waals surface area (Å²) in [5, 5.41) is 11.0. The summed E-state index contributed by atoms with van der Waals surface area (Å²) in [5.74, 6) is -0.0181. The molecule has 6 nitrogen and oxygen atoms in total. The molecule has 2 N–H and O–H groups in total. The number of amides is 2. The van der Waals surface area contributed by atoms with Crippen LogP contribution in [-0.2, 0) is 22.6 Å². The minimum absolute atomic E-state index is 0.107. The van der Waals surface area contributed by atoms with E-state index in [1.165, 1.54) is 11.3 Å². The SMILES string of the molecule is CC(C)[C@@H](NC(=O)Cc1cccs1)C(=O)N/N=C\c1c(OCc2ccc(Br)cc2)ccc2ccccc12. The fourth-order valence-corrected chi connectivity index (χ4v) is 4.80. The van der Waals surface area contributed by atoms with Gasteiger partial charge in [-0.05, 0) is 51.9 Å². The van der Waals surface area contributed by atoms with Gasteiger partial charge in [-0.2, -0.15) is 5.10 Å². The molecule has 1 heterocycles. The van der Waals surface area contributed by atoms with Crippen LogP contribution >= 0.6 is 27.3 Å². The van der Waals surface area contributed by atoms with Crippen molar-refractivity contribution < 1.29 is 14.3 Å². The van der Waals surface area contributed by atoms with E-state index in [2.05, 4.69) is 31.8 Å². The van der Waals surface area contributed by atoms with Gasteiger partial charge in [-0.1, -0.05) is 78.3 Å². The number of ether oxygens (including phenoxy) is 1. The van der Waals surface area contributed by atoms with E-state index < -0.39 is 6.04 Å². The molecule has 0 fully saturated rings. The van der Waals surface area contributed by atoms with Crippen LogP contribution < -0.4 is 15.5 Å². The zero-order valence-corrected chi connectivity index (χ0v) is 23.0. The number of fused-ring (bicyclic) bond motifs is 1. The molecule has 8 heteroatoms. The van der Waals surface area contributed by atoms with Crippen LogP contribution in [0.2, 0.25) is 0 Å². The molecule has 0 saturated carbocycles. The molecule has 2 amide bonds. The first-order chi connectivity index (χ1) is 17.9. The summed E-state index contributed by atoms with van der Waals surface area (Å²) in [7, 11) is 0. The van der Waals surface area contributed by atoms with E-state index in [4.69, 9.17) is 4.74 Å². The second-order valence-corrected chi connectivity index (χ2v) is 10.8. The van der Waals surface area contributed by atoms with Crippen molar-refractivity contribution in [1.82, 2.24) is 10.7 Å². The fraction of sp³-hybridized carbons (Fsp3) is 0.207. The average Bonchev–Trinajstić information content (AvgIpc) is 3.40. The monoisotopic (exact) mass is 577 g/mol. The molecular formula is C29H28BrN3O3S. The number of nitrogens with one attached hydrogen (secondary N) is 2. The Morgan fingerprint density at radius 1 is 1.03 bits per heavy atom. The van der Waals surface area contributed by atoms with Crippen LogP contribution in [0.25, 0.3) is 10.8 Å². The minimum Gasteiger partial charge on any atom is -0.488 e. The zero-order chi connectivity index (χ0) is 26.2. The molecule has 1 atom stereocenters. The second kappa shape index (κ2) is 12.7. The van der Waals surface area contributed by atoms with Crippen LogP contribution in [0.4, 0.5) is 0 Å². The Morgan fingerprint density at radius 3 is 2.54 bits per heavy atom. The van der Waals surface area contributed by atoms with Gasteiger partial charge in [0.05, 0.1) is 12.6 Å². The second-order valence-electron chi connectivity index (χ2n) is 8.89. The van der Waals surface area contributed by atoms with Gasteiger partial charge in [0.1, 0.15) is 18.4 Å². The van der Waals surface area contributed by atoms with Gasteiger partial charge in [-0.3, -0.25) is 9.59 Å². The van der Waals surface area contributed by atoms with Gasteiger partial charge >= 0.3 is 0 Å². The van der Waals surface area contributed by atoms with E-state index in [1.54, 1.807) is 6.21 Å². The smallest absolute Gasteiger partial charge is 0.262 e. The fourth-order valence-electron chi connectivity index (χ4n) is 3.84. The van der Waals surface area contributed by atoms with Crippen molar-refractivity contribution >= 4 is 56.1 Å². The largest absolute Gasteiger partial charge is 0.488 e. The van der Waals surface area contributed by atoms with Crippen LogP contribution in [0.1, 0.15) is 29.9 Å². The van der Waals surface area contributed by atoms with E-state index in [-0.39, 0.29) is 24.2 Å². The summed E-state index contributed by atoms with van der Waals surface area (Å²) in [6.07, 6.45) is 1.84. The molecule has 1 aromatic heterocycles. The molecule has 37 heavy (non-hydrogen) atoms. The number of hydrogen-bond acceptors (Lipinski definition) is 5. The topological polar surface area (TPSA) is 79.8 Å². The predicted molar refractivity (Wildman–Crippen MR) is 153 cm³/mol.